The second-order valence-electron chi connectivity index (χ2n) is 6.74. The summed E-state index contributed by atoms with van der Waals surface area (Å²) in [7, 11) is 0. The number of thiophene rings is 1. The number of thiazole rings is 1. The second kappa shape index (κ2) is 9.36. The average Bonchev–Trinajstić information content (AvgIpc) is 3.40. The van der Waals surface area contributed by atoms with Crippen LogP contribution in [-0.4, -0.2) is 60.1 Å². The molecule has 0 saturated carbocycles. The Kier molecular flexibility index (Phi) is 6.59. The third kappa shape index (κ3) is 4.62. The number of ether oxygens (including phenoxy) is 1. The predicted molar refractivity (Wildman–Crippen MR) is 119 cm³/mol. The number of rotatable bonds is 7. The van der Waals surface area contributed by atoms with Crippen LogP contribution < -0.4 is 4.90 Å². The summed E-state index contributed by atoms with van der Waals surface area (Å²) in [5.74, 6) is -0.287. The Bertz CT molecular complexity index is 1060. The van der Waals surface area contributed by atoms with Crippen molar-refractivity contribution >= 4 is 60.5 Å². The number of hydrogen-bond donors (Lipinski definition) is 0. The number of amides is 1. The van der Waals surface area contributed by atoms with Crippen molar-refractivity contribution in [1.29, 1.82) is 0 Å². The fourth-order valence-corrected chi connectivity index (χ4v) is 5.31. The third-order valence-corrected chi connectivity index (χ3v) is 7.15. The van der Waals surface area contributed by atoms with Crippen molar-refractivity contribution in [2.24, 2.45) is 0 Å². The molecule has 3 heterocycles. The quantitative estimate of drug-likeness (QED) is 0.381. The van der Waals surface area contributed by atoms with Crippen LogP contribution in [0.2, 0.25) is 5.02 Å². The first-order valence-corrected chi connectivity index (χ1v) is 11.5. The van der Waals surface area contributed by atoms with Gasteiger partial charge in [0.2, 0.25) is 0 Å². The minimum Gasteiger partial charge on any atom is -0.379 e. The summed E-state index contributed by atoms with van der Waals surface area (Å²) in [6.45, 7) is 4.49. The molecule has 3 aromatic rings. The van der Waals surface area contributed by atoms with Gasteiger partial charge in [-0.3, -0.25) is 24.7 Å². The van der Waals surface area contributed by atoms with Crippen LogP contribution in [0.25, 0.3) is 10.2 Å². The first kappa shape index (κ1) is 21.1. The van der Waals surface area contributed by atoms with Crippen LogP contribution in [0.5, 0.6) is 0 Å². The minimum absolute atomic E-state index is 0.0565. The van der Waals surface area contributed by atoms with E-state index >= 15 is 0 Å². The fraction of sp³-hybridized carbons (Fsp3) is 0.368. The number of halogens is 1. The summed E-state index contributed by atoms with van der Waals surface area (Å²) in [6, 6.07) is 8.38. The Morgan fingerprint density at radius 2 is 2.07 bits per heavy atom. The van der Waals surface area contributed by atoms with Gasteiger partial charge >= 0.3 is 5.00 Å². The highest BCUT2D eigenvalue weighted by atomic mass is 35.5. The largest absolute Gasteiger partial charge is 0.379 e. The lowest BCUT2D eigenvalue weighted by molar-refractivity contribution is -0.380. The van der Waals surface area contributed by atoms with E-state index in [-0.39, 0.29) is 10.9 Å². The first-order chi connectivity index (χ1) is 14.5. The van der Waals surface area contributed by atoms with Gasteiger partial charge in [0, 0.05) is 32.2 Å². The number of para-hydroxylation sites is 1. The van der Waals surface area contributed by atoms with E-state index < -0.39 is 4.92 Å². The Hall–Kier alpha value is -2.11. The van der Waals surface area contributed by atoms with Crippen LogP contribution in [0.4, 0.5) is 10.1 Å². The molecule has 4 rings (SSSR count). The number of carbonyl (C=O) groups is 1. The van der Waals surface area contributed by atoms with Crippen molar-refractivity contribution < 1.29 is 14.5 Å². The number of carbonyl (C=O) groups excluding carboxylic acids is 1. The van der Waals surface area contributed by atoms with Crippen molar-refractivity contribution in [1.82, 2.24) is 9.88 Å². The van der Waals surface area contributed by atoms with E-state index in [0.29, 0.717) is 27.1 Å². The summed E-state index contributed by atoms with van der Waals surface area (Å²) in [4.78, 5) is 32.6. The van der Waals surface area contributed by atoms with Gasteiger partial charge in [0.25, 0.3) is 5.91 Å². The smallest absolute Gasteiger partial charge is 0.324 e. The maximum atomic E-state index is 13.2. The topological polar surface area (TPSA) is 88.8 Å². The molecule has 0 atom stereocenters. The first-order valence-electron chi connectivity index (χ1n) is 9.44. The van der Waals surface area contributed by atoms with Crippen LogP contribution in [0.15, 0.2) is 30.3 Å². The Balaban J connectivity index is 1.58. The Morgan fingerprint density at radius 1 is 1.27 bits per heavy atom. The van der Waals surface area contributed by atoms with Gasteiger partial charge < -0.3 is 4.74 Å². The molecule has 0 N–H and O–H groups in total. The minimum atomic E-state index is -0.484. The van der Waals surface area contributed by atoms with Crippen molar-refractivity contribution in [2.75, 3.05) is 44.3 Å². The molecule has 0 unspecified atom stereocenters. The number of nitro groups is 1. The zero-order valence-electron chi connectivity index (χ0n) is 16.0. The van der Waals surface area contributed by atoms with E-state index in [4.69, 9.17) is 16.3 Å². The molecule has 0 bridgehead atoms. The third-order valence-electron chi connectivity index (χ3n) is 4.78. The monoisotopic (exact) mass is 466 g/mol. The van der Waals surface area contributed by atoms with Crippen molar-refractivity contribution in [2.45, 2.75) is 6.42 Å². The number of morpholine rings is 1. The van der Waals surface area contributed by atoms with Crippen LogP contribution in [0.3, 0.4) is 0 Å². The van der Waals surface area contributed by atoms with E-state index in [9.17, 15) is 14.9 Å². The molecule has 30 heavy (non-hydrogen) atoms. The zero-order valence-corrected chi connectivity index (χ0v) is 18.3. The van der Waals surface area contributed by atoms with Gasteiger partial charge in [-0.15, -0.1) is 0 Å². The lowest BCUT2D eigenvalue weighted by Gasteiger charge is -2.27. The summed E-state index contributed by atoms with van der Waals surface area (Å²) in [6.07, 6.45) is 0.753. The van der Waals surface area contributed by atoms with Gasteiger partial charge in [-0.1, -0.05) is 40.3 Å². The Labute approximate surface area is 185 Å². The summed E-state index contributed by atoms with van der Waals surface area (Å²) in [5.41, 5.74) is 0.655. The molecule has 0 spiro atoms. The van der Waals surface area contributed by atoms with Gasteiger partial charge in [0.05, 0.1) is 32.7 Å². The van der Waals surface area contributed by atoms with E-state index in [0.717, 1.165) is 55.3 Å². The molecule has 2 aromatic heterocycles. The SMILES string of the molecule is O=C(c1ccc([N+](=O)[O-])s1)N(CCCN1CCOCC1)c1nc2c(Cl)cccc2s1. The highest BCUT2D eigenvalue weighted by Gasteiger charge is 2.25. The zero-order chi connectivity index (χ0) is 21.1. The van der Waals surface area contributed by atoms with E-state index in [1.807, 2.05) is 12.1 Å². The number of aromatic nitrogens is 1. The molecule has 1 aromatic carbocycles. The highest BCUT2D eigenvalue weighted by Crippen LogP contribution is 2.34. The molecule has 0 aliphatic carbocycles. The summed E-state index contributed by atoms with van der Waals surface area (Å²) < 4.78 is 6.27. The fourth-order valence-electron chi connectivity index (χ4n) is 3.25. The highest BCUT2D eigenvalue weighted by molar-refractivity contribution is 7.22. The summed E-state index contributed by atoms with van der Waals surface area (Å²) >= 11 is 8.53. The van der Waals surface area contributed by atoms with Crippen LogP contribution >= 0.6 is 34.3 Å². The van der Waals surface area contributed by atoms with Crippen LogP contribution in [0.1, 0.15) is 16.1 Å². The molecular formula is C19H19ClN4O4S2. The maximum absolute atomic E-state index is 13.2. The van der Waals surface area contributed by atoms with Gasteiger partial charge in [0.15, 0.2) is 5.13 Å². The molecule has 1 fully saturated rings. The molecule has 8 nitrogen and oxygen atoms in total. The van der Waals surface area contributed by atoms with Crippen molar-refractivity contribution in [3.05, 3.63) is 50.3 Å². The predicted octanol–water partition coefficient (Wildman–Crippen LogP) is 4.29. The van der Waals surface area contributed by atoms with Crippen LogP contribution in [0, 0.1) is 10.1 Å². The van der Waals surface area contributed by atoms with Crippen LogP contribution in [-0.2, 0) is 4.74 Å². The molecule has 1 amide bonds. The molecular weight excluding hydrogens is 448 g/mol. The van der Waals surface area contributed by atoms with Crippen molar-refractivity contribution in [3.63, 3.8) is 0 Å². The van der Waals surface area contributed by atoms with Crippen molar-refractivity contribution in [3.8, 4) is 0 Å². The molecule has 11 heteroatoms. The van der Waals surface area contributed by atoms with Gasteiger partial charge in [0.1, 0.15) is 5.52 Å². The van der Waals surface area contributed by atoms with Gasteiger partial charge in [-0.05, 0) is 24.6 Å². The molecule has 158 valence electrons. The van der Waals surface area contributed by atoms with Gasteiger partial charge in [-0.2, -0.15) is 0 Å². The lowest BCUT2D eigenvalue weighted by atomic mass is 10.3. The Morgan fingerprint density at radius 3 is 2.77 bits per heavy atom. The maximum Gasteiger partial charge on any atom is 0.324 e. The number of fused-ring (bicyclic) bond motifs is 1. The van der Waals surface area contributed by atoms with E-state index in [1.54, 1.807) is 11.0 Å². The average molecular weight is 467 g/mol. The number of nitrogens with zero attached hydrogens (tertiary/aromatic N) is 4. The second-order valence-corrected chi connectivity index (χ2v) is 9.22. The molecule has 1 aliphatic rings. The number of anilines is 1. The number of hydrogen-bond acceptors (Lipinski definition) is 8. The molecule has 1 saturated heterocycles. The standard InChI is InChI=1S/C19H19ClN4O4S2/c20-13-3-1-4-14-17(13)21-19(30-14)23(8-2-7-22-9-11-28-12-10-22)18(25)15-5-6-16(29-15)24(26)27/h1,3-6H,2,7-12H2. The summed E-state index contributed by atoms with van der Waals surface area (Å²) in [5, 5.41) is 12.0. The van der Waals surface area contributed by atoms with Gasteiger partial charge in [-0.25, -0.2) is 4.98 Å². The van der Waals surface area contributed by atoms with E-state index in [1.165, 1.54) is 23.5 Å². The lowest BCUT2D eigenvalue weighted by Crippen LogP contribution is -2.39. The van der Waals surface area contributed by atoms with E-state index in [2.05, 4.69) is 9.88 Å². The molecule has 1 aliphatic heterocycles. The molecule has 0 radical (unpaired) electrons. The number of benzene rings is 1. The normalized spacial score (nSPS) is 14.8.